The molecule has 3 heteroatoms. The highest BCUT2D eigenvalue weighted by molar-refractivity contribution is 5.56. The third-order valence-electron chi connectivity index (χ3n) is 3.90. The molecule has 3 nitrogen and oxygen atoms in total. The Kier molecular flexibility index (Phi) is 4.83. The Morgan fingerprint density at radius 1 is 1.37 bits per heavy atom. The Labute approximate surface area is 117 Å². The first-order valence-electron chi connectivity index (χ1n) is 7.27. The molecule has 0 spiro atoms. The number of likely N-dealkylation sites (N-methyl/N-ethyl adjacent to an activating group) is 1. The van der Waals surface area contributed by atoms with E-state index < -0.39 is 0 Å². The van der Waals surface area contributed by atoms with Crippen LogP contribution in [0.25, 0.3) is 0 Å². The number of aryl methyl sites for hydroxylation is 1. The predicted octanol–water partition coefficient (Wildman–Crippen LogP) is 2.24. The van der Waals surface area contributed by atoms with Crippen LogP contribution in [0, 0.1) is 6.92 Å². The SMILES string of the molecule is CNCc1ccc(N2CCCC2CN(C)C)c(C)c1. The van der Waals surface area contributed by atoms with Crippen LogP contribution in [0.5, 0.6) is 0 Å². The normalized spacial score (nSPS) is 19.4. The zero-order chi connectivity index (χ0) is 13.8. The van der Waals surface area contributed by atoms with Gasteiger partial charge in [-0.25, -0.2) is 0 Å². The molecule has 1 heterocycles. The molecular weight excluding hydrogens is 234 g/mol. The van der Waals surface area contributed by atoms with Crippen molar-refractivity contribution in [3.05, 3.63) is 29.3 Å². The van der Waals surface area contributed by atoms with Crippen molar-refractivity contribution in [2.45, 2.75) is 32.4 Å². The summed E-state index contributed by atoms with van der Waals surface area (Å²) in [5, 5.41) is 3.21. The standard InChI is InChI=1S/C16H27N3/c1-13-10-14(11-17-2)7-8-16(13)19-9-5-6-15(19)12-18(3)4/h7-8,10,15,17H,5-6,9,11-12H2,1-4H3. The van der Waals surface area contributed by atoms with Gasteiger partial charge in [0.2, 0.25) is 0 Å². The molecule has 0 saturated carbocycles. The number of benzene rings is 1. The van der Waals surface area contributed by atoms with E-state index in [2.05, 4.69) is 54.3 Å². The Balaban J connectivity index is 2.16. The number of hydrogen-bond donors (Lipinski definition) is 1. The Bertz CT molecular complexity index is 414. The van der Waals surface area contributed by atoms with E-state index in [0.717, 1.165) is 13.1 Å². The van der Waals surface area contributed by atoms with Crippen LogP contribution in [0.3, 0.4) is 0 Å². The zero-order valence-electron chi connectivity index (χ0n) is 12.7. The lowest BCUT2D eigenvalue weighted by atomic mass is 10.1. The van der Waals surface area contributed by atoms with Crippen molar-refractivity contribution >= 4 is 5.69 Å². The van der Waals surface area contributed by atoms with Gasteiger partial charge in [-0.3, -0.25) is 0 Å². The van der Waals surface area contributed by atoms with Crippen molar-refractivity contribution in [2.75, 3.05) is 39.1 Å². The van der Waals surface area contributed by atoms with Crippen LogP contribution >= 0.6 is 0 Å². The fraction of sp³-hybridized carbons (Fsp3) is 0.625. The third kappa shape index (κ3) is 3.48. The van der Waals surface area contributed by atoms with Gasteiger partial charge < -0.3 is 15.1 Å². The summed E-state index contributed by atoms with van der Waals surface area (Å²) in [5.41, 5.74) is 4.19. The Morgan fingerprint density at radius 3 is 2.79 bits per heavy atom. The Hall–Kier alpha value is -1.06. The summed E-state index contributed by atoms with van der Waals surface area (Å²) < 4.78 is 0. The lowest BCUT2D eigenvalue weighted by molar-refractivity contribution is 0.372. The van der Waals surface area contributed by atoms with Gasteiger partial charge >= 0.3 is 0 Å². The van der Waals surface area contributed by atoms with E-state index >= 15 is 0 Å². The third-order valence-corrected chi connectivity index (χ3v) is 3.90. The second-order valence-corrected chi connectivity index (χ2v) is 5.90. The molecular formula is C16H27N3. The summed E-state index contributed by atoms with van der Waals surface area (Å²) in [4.78, 5) is 4.90. The number of nitrogens with one attached hydrogen (secondary N) is 1. The highest BCUT2D eigenvalue weighted by atomic mass is 15.2. The van der Waals surface area contributed by atoms with Gasteiger partial charge in [0, 0.05) is 31.4 Å². The topological polar surface area (TPSA) is 18.5 Å². The first-order valence-corrected chi connectivity index (χ1v) is 7.27. The minimum absolute atomic E-state index is 0.670. The average Bonchev–Trinajstić information content (AvgIpc) is 2.77. The monoisotopic (exact) mass is 261 g/mol. The first-order chi connectivity index (χ1) is 9.11. The van der Waals surface area contributed by atoms with E-state index in [9.17, 15) is 0 Å². The molecule has 1 aromatic carbocycles. The molecule has 1 saturated heterocycles. The zero-order valence-corrected chi connectivity index (χ0v) is 12.7. The molecule has 1 N–H and O–H groups in total. The number of rotatable bonds is 5. The van der Waals surface area contributed by atoms with Gasteiger partial charge in [0.25, 0.3) is 0 Å². The van der Waals surface area contributed by atoms with E-state index in [1.807, 2.05) is 7.05 Å². The van der Waals surface area contributed by atoms with Gasteiger partial charge in [0.15, 0.2) is 0 Å². The van der Waals surface area contributed by atoms with Gasteiger partial charge in [0.1, 0.15) is 0 Å². The molecule has 1 aromatic rings. The van der Waals surface area contributed by atoms with E-state index in [1.54, 1.807) is 0 Å². The largest absolute Gasteiger partial charge is 0.367 e. The molecule has 106 valence electrons. The second-order valence-electron chi connectivity index (χ2n) is 5.90. The van der Waals surface area contributed by atoms with Crippen molar-refractivity contribution in [3.63, 3.8) is 0 Å². The lowest BCUT2D eigenvalue weighted by Crippen LogP contribution is -2.37. The molecule has 1 unspecified atom stereocenters. The molecule has 2 rings (SSSR count). The van der Waals surface area contributed by atoms with Crippen molar-refractivity contribution in [3.8, 4) is 0 Å². The molecule has 1 aliphatic heterocycles. The smallest absolute Gasteiger partial charge is 0.0417 e. The van der Waals surface area contributed by atoms with Crippen molar-refractivity contribution in [1.82, 2.24) is 10.2 Å². The summed E-state index contributed by atoms with van der Waals surface area (Å²) in [6.45, 7) is 5.53. The summed E-state index contributed by atoms with van der Waals surface area (Å²) in [6, 6.07) is 7.54. The molecule has 0 bridgehead atoms. The van der Waals surface area contributed by atoms with Gasteiger partial charge in [-0.2, -0.15) is 0 Å². The van der Waals surface area contributed by atoms with Gasteiger partial charge in [-0.1, -0.05) is 12.1 Å². The van der Waals surface area contributed by atoms with E-state index in [1.165, 1.54) is 36.2 Å². The highest BCUT2D eigenvalue weighted by Gasteiger charge is 2.25. The van der Waals surface area contributed by atoms with E-state index in [4.69, 9.17) is 0 Å². The average molecular weight is 261 g/mol. The Morgan fingerprint density at radius 2 is 2.16 bits per heavy atom. The fourth-order valence-corrected chi connectivity index (χ4v) is 3.12. The lowest BCUT2D eigenvalue weighted by Gasteiger charge is -2.30. The minimum Gasteiger partial charge on any atom is -0.367 e. The first kappa shape index (κ1) is 14.4. The van der Waals surface area contributed by atoms with Crippen LogP contribution < -0.4 is 10.2 Å². The van der Waals surface area contributed by atoms with Crippen LogP contribution in [0.1, 0.15) is 24.0 Å². The molecule has 0 amide bonds. The predicted molar refractivity (Wildman–Crippen MR) is 82.9 cm³/mol. The minimum atomic E-state index is 0.670. The molecule has 1 fully saturated rings. The van der Waals surface area contributed by atoms with Gasteiger partial charge in [0.05, 0.1) is 0 Å². The van der Waals surface area contributed by atoms with Crippen molar-refractivity contribution in [2.24, 2.45) is 0 Å². The van der Waals surface area contributed by atoms with Crippen LogP contribution in [-0.2, 0) is 6.54 Å². The highest BCUT2D eigenvalue weighted by Crippen LogP contribution is 2.29. The number of anilines is 1. The molecule has 0 aliphatic carbocycles. The fourth-order valence-electron chi connectivity index (χ4n) is 3.12. The summed E-state index contributed by atoms with van der Waals surface area (Å²) in [7, 11) is 6.33. The molecule has 0 radical (unpaired) electrons. The summed E-state index contributed by atoms with van der Waals surface area (Å²) in [6.07, 6.45) is 2.63. The van der Waals surface area contributed by atoms with Crippen LogP contribution in [0.15, 0.2) is 18.2 Å². The van der Waals surface area contributed by atoms with E-state index in [-0.39, 0.29) is 0 Å². The quantitative estimate of drug-likeness (QED) is 0.877. The van der Waals surface area contributed by atoms with Crippen LogP contribution in [0.4, 0.5) is 5.69 Å². The number of nitrogens with zero attached hydrogens (tertiary/aromatic N) is 2. The maximum absolute atomic E-state index is 3.21. The maximum atomic E-state index is 3.21. The van der Waals surface area contributed by atoms with Gasteiger partial charge in [-0.15, -0.1) is 0 Å². The van der Waals surface area contributed by atoms with Crippen LogP contribution in [0.2, 0.25) is 0 Å². The molecule has 1 atom stereocenters. The maximum Gasteiger partial charge on any atom is 0.0417 e. The van der Waals surface area contributed by atoms with Crippen molar-refractivity contribution < 1.29 is 0 Å². The second kappa shape index (κ2) is 6.40. The summed E-state index contributed by atoms with van der Waals surface area (Å²) in [5.74, 6) is 0. The van der Waals surface area contributed by atoms with Gasteiger partial charge in [-0.05, 0) is 58.1 Å². The molecule has 1 aliphatic rings. The van der Waals surface area contributed by atoms with Crippen molar-refractivity contribution in [1.29, 1.82) is 0 Å². The molecule has 0 aromatic heterocycles. The molecule has 19 heavy (non-hydrogen) atoms. The summed E-state index contributed by atoms with van der Waals surface area (Å²) >= 11 is 0. The van der Waals surface area contributed by atoms with E-state index in [0.29, 0.717) is 6.04 Å². The van der Waals surface area contributed by atoms with Crippen LogP contribution in [-0.4, -0.2) is 45.2 Å². The number of hydrogen-bond acceptors (Lipinski definition) is 3.